The summed E-state index contributed by atoms with van der Waals surface area (Å²) in [7, 11) is 0. The van der Waals surface area contributed by atoms with Crippen LogP contribution in [0.1, 0.15) is 22.3 Å². The predicted molar refractivity (Wildman–Crippen MR) is 163 cm³/mol. The van der Waals surface area contributed by atoms with Crippen LogP contribution in [0, 0.1) is 5.92 Å². The van der Waals surface area contributed by atoms with Crippen LogP contribution in [-0.4, -0.2) is 36.7 Å². The van der Waals surface area contributed by atoms with Crippen molar-refractivity contribution >= 4 is 0 Å². The fourth-order valence-electron chi connectivity index (χ4n) is 5.17. The second-order valence-electron chi connectivity index (χ2n) is 10.4. The molecule has 0 aromatic heterocycles. The summed E-state index contributed by atoms with van der Waals surface area (Å²) in [4.78, 5) is 0. The SMILES string of the molecule is OC/C=C(/OCc1ccccc1)C1N[C@@H](OCc2ccccc2)[C@H](OCc2ccccc2)[C@H]1COCc1ccccc1. The molecule has 0 spiro atoms. The van der Waals surface area contributed by atoms with Crippen molar-refractivity contribution in [3.63, 3.8) is 0 Å². The minimum atomic E-state index is -0.424. The van der Waals surface area contributed by atoms with Gasteiger partial charge in [0.2, 0.25) is 0 Å². The van der Waals surface area contributed by atoms with Crippen LogP contribution in [0.5, 0.6) is 0 Å². The van der Waals surface area contributed by atoms with Crippen LogP contribution in [-0.2, 0) is 45.4 Å². The first kappa shape index (κ1) is 29.7. The van der Waals surface area contributed by atoms with Crippen molar-refractivity contribution < 1.29 is 24.1 Å². The topological polar surface area (TPSA) is 69.2 Å². The summed E-state index contributed by atoms with van der Waals surface area (Å²) in [6.07, 6.45) is 0.960. The highest BCUT2D eigenvalue weighted by Crippen LogP contribution is 2.32. The Bertz CT molecular complexity index is 1330. The molecule has 6 nitrogen and oxygen atoms in total. The van der Waals surface area contributed by atoms with Gasteiger partial charge in [-0.1, -0.05) is 121 Å². The molecule has 2 N–H and O–H groups in total. The Labute approximate surface area is 248 Å². The maximum absolute atomic E-state index is 9.96. The molecule has 1 unspecified atom stereocenters. The van der Waals surface area contributed by atoms with E-state index >= 15 is 0 Å². The van der Waals surface area contributed by atoms with Gasteiger partial charge in [-0.05, 0) is 28.3 Å². The Kier molecular flexibility index (Phi) is 11.3. The van der Waals surface area contributed by atoms with Crippen molar-refractivity contribution in [2.75, 3.05) is 13.2 Å². The van der Waals surface area contributed by atoms with Gasteiger partial charge in [0.25, 0.3) is 0 Å². The molecule has 1 saturated heterocycles. The highest BCUT2D eigenvalue weighted by atomic mass is 16.6. The smallest absolute Gasteiger partial charge is 0.136 e. The average molecular weight is 566 g/mol. The van der Waals surface area contributed by atoms with Gasteiger partial charge in [-0.2, -0.15) is 0 Å². The van der Waals surface area contributed by atoms with Crippen molar-refractivity contribution in [1.29, 1.82) is 0 Å². The van der Waals surface area contributed by atoms with Crippen molar-refractivity contribution in [2.24, 2.45) is 5.92 Å². The molecule has 0 aliphatic carbocycles. The second kappa shape index (κ2) is 16.0. The van der Waals surface area contributed by atoms with Crippen LogP contribution >= 0.6 is 0 Å². The zero-order chi connectivity index (χ0) is 28.8. The van der Waals surface area contributed by atoms with E-state index in [0.717, 1.165) is 22.3 Å². The van der Waals surface area contributed by atoms with Crippen LogP contribution in [0.15, 0.2) is 133 Å². The molecule has 1 heterocycles. The number of nitrogens with one attached hydrogen (secondary N) is 1. The zero-order valence-corrected chi connectivity index (χ0v) is 23.8. The number of ether oxygens (including phenoxy) is 4. The van der Waals surface area contributed by atoms with Crippen LogP contribution in [0.25, 0.3) is 0 Å². The standard InChI is InChI=1S/C36H39NO5/c38-22-21-33(40-24-29-15-7-2-8-16-29)34-32(27-39-23-28-13-5-1-6-14-28)35(41-25-30-17-9-3-10-18-30)36(37-34)42-26-31-19-11-4-12-20-31/h1-21,32,34-38H,22-27H2/b33-21+/t32-,34?,35+,36-/m0/s1. The Hall–Kier alpha value is -3.78. The lowest BCUT2D eigenvalue weighted by atomic mass is 9.96. The fraction of sp³-hybridized carbons (Fsp3) is 0.278. The van der Waals surface area contributed by atoms with E-state index < -0.39 is 6.23 Å². The largest absolute Gasteiger partial charge is 0.492 e. The van der Waals surface area contributed by atoms with Gasteiger partial charge in [0.1, 0.15) is 24.7 Å². The first-order chi connectivity index (χ1) is 20.8. The maximum Gasteiger partial charge on any atom is 0.136 e. The molecule has 0 radical (unpaired) electrons. The molecule has 6 heteroatoms. The first-order valence-electron chi connectivity index (χ1n) is 14.5. The van der Waals surface area contributed by atoms with Crippen LogP contribution in [0.2, 0.25) is 0 Å². The molecule has 0 amide bonds. The number of hydrogen-bond acceptors (Lipinski definition) is 6. The Morgan fingerprint density at radius 1 is 0.619 bits per heavy atom. The minimum Gasteiger partial charge on any atom is -0.492 e. The molecular formula is C36H39NO5. The first-order valence-corrected chi connectivity index (χ1v) is 14.5. The third-order valence-corrected chi connectivity index (χ3v) is 7.32. The molecule has 42 heavy (non-hydrogen) atoms. The number of aliphatic hydroxyl groups excluding tert-OH is 1. The highest BCUT2D eigenvalue weighted by molar-refractivity contribution is 5.19. The van der Waals surface area contributed by atoms with Gasteiger partial charge in [-0.3, -0.25) is 5.32 Å². The van der Waals surface area contributed by atoms with E-state index in [-0.39, 0.29) is 24.7 Å². The summed E-state index contributed by atoms with van der Waals surface area (Å²) < 4.78 is 25.7. The van der Waals surface area contributed by atoms with Crippen molar-refractivity contribution in [2.45, 2.75) is 44.8 Å². The molecule has 4 atom stereocenters. The molecule has 1 aliphatic heterocycles. The van der Waals surface area contributed by atoms with E-state index in [0.29, 0.717) is 38.8 Å². The summed E-state index contributed by atoms with van der Waals surface area (Å²) >= 11 is 0. The number of rotatable bonds is 15. The fourth-order valence-corrected chi connectivity index (χ4v) is 5.17. The van der Waals surface area contributed by atoms with E-state index in [1.165, 1.54) is 0 Å². The zero-order valence-electron chi connectivity index (χ0n) is 23.8. The normalized spacial score (nSPS) is 20.5. The lowest BCUT2D eigenvalue weighted by Crippen LogP contribution is -2.37. The van der Waals surface area contributed by atoms with Crippen molar-refractivity contribution in [3.8, 4) is 0 Å². The summed E-state index contributed by atoms with van der Waals surface area (Å²) in [6.45, 7) is 1.99. The summed E-state index contributed by atoms with van der Waals surface area (Å²) in [5, 5.41) is 13.6. The lowest BCUT2D eigenvalue weighted by Gasteiger charge is -2.27. The van der Waals surface area contributed by atoms with E-state index in [9.17, 15) is 5.11 Å². The molecule has 5 rings (SSSR count). The predicted octanol–water partition coefficient (Wildman–Crippen LogP) is 6.01. The number of aliphatic hydroxyl groups is 1. The number of benzene rings is 4. The molecule has 0 saturated carbocycles. The van der Waals surface area contributed by atoms with Gasteiger partial charge in [0.05, 0.1) is 39.1 Å². The lowest BCUT2D eigenvalue weighted by molar-refractivity contribution is -0.100. The molecule has 4 aromatic carbocycles. The number of hydrogen-bond donors (Lipinski definition) is 2. The Balaban J connectivity index is 1.38. The summed E-state index contributed by atoms with van der Waals surface area (Å²) in [5.41, 5.74) is 4.31. The molecule has 0 bridgehead atoms. The van der Waals surface area contributed by atoms with E-state index in [1.807, 2.05) is 97.1 Å². The Morgan fingerprint density at radius 3 is 1.62 bits per heavy atom. The molecule has 218 valence electrons. The van der Waals surface area contributed by atoms with E-state index in [2.05, 4.69) is 29.6 Å². The van der Waals surface area contributed by atoms with Crippen molar-refractivity contribution in [1.82, 2.24) is 5.32 Å². The summed E-state index contributed by atoms with van der Waals surface area (Å²) in [5.74, 6) is 0.501. The second-order valence-corrected chi connectivity index (χ2v) is 10.4. The quantitative estimate of drug-likeness (QED) is 0.172. The average Bonchev–Trinajstić information content (AvgIpc) is 3.39. The Morgan fingerprint density at radius 2 is 1.10 bits per heavy atom. The maximum atomic E-state index is 9.96. The molecule has 1 fully saturated rings. The van der Waals surface area contributed by atoms with Gasteiger partial charge in [0, 0.05) is 5.92 Å². The third-order valence-electron chi connectivity index (χ3n) is 7.32. The monoisotopic (exact) mass is 565 g/mol. The molecule has 1 aliphatic rings. The van der Waals surface area contributed by atoms with Crippen LogP contribution in [0.4, 0.5) is 0 Å². The summed E-state index contributed by atoms with van der Waals surface area (Å²) in [6, 6.07) is 40.1. The van der Waals surface area contributed by atoms with Gasteiger partial charge >= 0.3 is 0 Å². The minimum absolute atomic E-state index is 0.147. The third kappa shape index (κ3) is 8.61. The van der Waals surface area contributed by atoms with Gasteiger partial charge in [-0.25, -0.2) is 0 Å². The van der Waals surface area contributed by atoms with E-state index in [1.54, 1.807) is 6.08 Å². The van der Waals surface area contributed by atoms with Crippen molar-refractivity contribution in [3.05, 3.63) is 155 Å². The van der Waals surface area contributed by atoms with E-state index in [4.69, 9.17) is 18.9 Å². The van der Waals surface area contributed by atoms with Crippen LogP contribution in [0.3, 0.4) is 0 Å². The van der Waals surface area contributed by atoms with Gasteiger partial charge < -0.3 is 24.1 Å². The highest BCUT2D eigenvalue weighted by Gasteiger charge is 2.47. The van der Waals surface area contributed by atoms with Gasteiger partial charge in [0.15, 0.2) is 0 Å². The molecular weight excluding hydrogens is 526 g/mol. The van der Waals surface area contributed by atoms with Crippen LogP contribution < -0.4 is 5.32 Å². The van der Waals surface area contributed by atoms with Gasteiger partial charge in [-0.15, -0.1) is 0 Å². The molecule has 4 aromatic rings.